The zero-order chi connectivity index (χ0) is 11.4. The first-order chi connectivity index (χ1) is 7.75. The molecule has 0 aromatic heterocycles. The summed E-state index contributed by atoms with van der Waals surface area (Å²) in [6.45, 7) is 1.55. The predicted molar refractivity (Wildman–Crippen MR) is 61.9 cm³/mol. The molecule has 1 saturated carbocycles. The van der Waals surface area contributed by atoms with E-state index in [0.29, 0.717) is 12.3 Å². The topological polar surface area (TPSA) is 64.3 Å². The summed E-state index contributed by atoms with van der Waals surface area (Å²) in [6, 6.07) is 0.281. The number of nitrogens with two attached hydrogens (primary N) is 1. The van der Waals surface area contributed by atoms with Crippen LogP contribution in [0.1, 0.15) is 38.5 Å². The van der Waals surface area contributed by atoms with Crippen LogP contribution in [0, 0.1) is 5.92 Å². The lowest BCUT2D eigenvalue weighted by atomic mass is 10.0. The van der Waals surface area contributed by atoms with Crippen molar-refractivity contribution >= 4 is 5.91 Å². The van der Waals surface area contributed by atoms with Gasteiger partial charge in [0.2, 0.25) is 5.91 Å². The number of nitrogens with one attached hydrogen (secondary N) is 1. The SMILES string of the molecule is NC1CCCC1CNC(=O)CC1CCCO1. The second-order valence-corrected chi connectivity index (χ2v) is 5.00. The highest BCUT2D eigenvalue weighted by molar-refractivity contribution is 5.76. The Morgan fingerprint density at radius 3 is 2.81 bits per heavy atom. The van der Waals surface area contributed by atoms with Crippen LogP contribution < -0.4 is 11.1 Å². The maximum atomic E-state index is 11.6. The molecule has 92 valence electrons. The fraction of sp³-hybridized carbons (Fsp3) is 0.917. The Labute approximate surface area is 96.9 Å². The Morgan fingerprint density at radius 1 is 1.31 bits per heavy atom. The fourth-order valence-electron chi connectivity index (χ4n) is 2.65. The lowest BCUT2D eigenvalue weighted by molar-refractivity contribution is -0.123. The fourth-order valence-corrected chi connectivity index (χ4v) is 2.65. The highest BCUT2D eigenvalue weighted by Gasteiger charge is 2.25. The van der Waals surface area contributed by atoms with Gasteiger partial charge in [-0.25, -0.2) is 0 Å². The van der Waals surface area contributed by atoms with Crippen molar-refractivity contribution < 1.29 is 9.53 Å². The van der Waals surface area contributed by atoms with Gasteiger partial charge in [-0.15, -0.1) is 0 Å². The lowest BCUT2D eigenvalue weighted by Gasteiger charge is -2.16. The van der Waals surface area contributed by atoms with Crippen LogP contribution in [0.3, 0.4) is 0 Å². The van der Waals surface area contributed by atoms with Crippen molar-refractivity contribution in [2.75, 3.05) is 13.2 Å². The minimum Gasteiger partial charge on any atom is -0.378 e. The van der Waals surface area contributed by atoms with Gasteiger partial charge in [0.1, 0.15) is 0 Å². The summed E-state index contributed by atoms with van der Waals surface area (Å²) >= 11 is 0. The minimum absolute atomic E-state index is 0.117. The highest BCUT2D eigenvalue weighted by atomic mass is 16.5. The molecule has 2 rings (SSSR count). The number of amides is 1. The van der Waals surface area contributed by atoms with Crippen molar-refractivity contribution in [2.45, 2.75) is 50.7 Å². The predicted octanol–water partition coefficient (Wildman–Crippen LogP) is 0.799. The average molecular weight is 226 g/mol. The molecule has 0 bridgehead atoms. The maximum Gasteiger partial charge on any atom is 0.222 e. The van der Waals surface area contributed by atoms with Gasteiger partial charge in [0, 0.05) is 19.2 Å². The molecule has 1 amide bonds. The normalized spacial score (nSPS) is 34.2. The molecule has 0 aromatic carbocycles. The van der Waals surface area contributed by atoms with Crippen LogP contribution in [0.2, 0.25) is 0 Å². The van der Waals surface area contributed by atoms with Gasteiger partial charge in [0.05, 0.1) is 12.5 Å². The lowest BCUT2D eigenvalue weighted by Crippen LogP contribution is -2.37. The van der Waals surface area contributed by atoms with E-state index in [-0.39, 0.29) is 18.1 Å². The molecular formula is C12H22N2O2. The van der Waals surface area contributed by atoms with Crippen molar-refractivity contribution in [3.63, 3.8) is 0 Å². The van der Waals surface area contributed by atoms with E-state index in [1.165, 1.54) is 6.42 Å². The Hall–Kier alpha value is -0.610. The zero-order valence-corrected chi connectivity index (χ0v) is 9.78. The third kappa shape index (κ3) is 3.19. The first-order valence-electron chi connectivity index (χ1n) is 6.39. The summed E-state index contributed by atoms with van der Waals surface area (Å²) in [6.07, 6.45) is 6.24. The number of hydrogen-bond acceptors (Lipinski definition) is 3. The van der Waals surface area contributed by atoms with Crippen LogP contribution in [0.25, 0.3) is 0 Å². The molecule has 16 heavy (non-hydrogen) atoms. The molecule has 4 heteroatoms. The molecule has 0 aromatic rings. The summed E-state index contributed by atoms with van der Waals surface area (Å²) in [7, 11) is 0. The van der Waals surface area contributed by atoms with E-state index in [4.69, 9.17) is 10.5 Å². The molecule has 3 atom stereocenters. The highest BCUT2D eigenvalue weighted by Crippen LogP contribution is 2.23. The molecule has 4 nitrogen and oxygen atoms in total. The zero-order valence-electron chi connectivity index (χ0n) is 9.78. The van der Waals surface area contributed by atoms with Gasteiger partial charge >= 0.3 is 0 Å². The molecule has 2 aliphatic rings. The summed E-state index contributed by atoms with van der Waals surface area (Å²) < 4.78 is 5.43. The first kappa shape index (κ1) is 11.9. The number of carbonyl (C=O) groups is 1. The summed E-state index contributed by atoms with van der Waals surface area (Å²) in [5, 5.41) is 2.98. The molecule has 0 spiro atoms. The van der Waals surface area contributed by atoms with Gasteiger partial charge in [-0.1, -0.05) is 6.42 Å². The van der Waals surface area contributed by atoms with Gasteiger partial charge in [-0.2, -0.15) is 0 Å². The van der Waals surface area contributed by atoms with E-state index in [0.717, 1.165) is 38.8 Å². The summed E-state index contributed by atoms with van der Waals surface area (Å²) in [4.78, 5) is 11.6. The van der Waals surface area contributed by atoms with Crippen LogP contribution in [-0.4, -0.2) is 31.2 Å². The van der Waals surface area contributed by atoms with Gasteiger partial charge < -0.3 is 15.8 Å². The van der Waals surface area contributed by atoms with Crippen molar-refractivity contribution in [1.29, 1.82) is 0 Å². The van der Waals surface area contributed by atoms with Gasteiger partial charge in [-0.3, -0.25) is 4.79 Å². The second kappa shape index (κ2) is 5.64. The molecule has 3 N–H and O–H groups in total. The van der Waals surface area contributed by atoms with E-state index in [1.807, 2.05) is 0 Å². The molecular weight excluding hydrogens is 204 g/mol. The molecule has 0 radical (unpaired) electrons. The van der Waals surface area contributed by atoms with Crippen LogP contribution in [0.5, 0.6) is 0 Å². The second-order valence-electron chi connectivity index (χ2n) is 5.00. The summed E-state index contributed by atoms with van der Waals surface area (Å²) in [5.41, 5.74) is 5.95. The van der Waals surface area contributed by atoms with E-state index in [9.17, 15) is 4.79 Å². The van der Waals surface area contributed by atoms with Crippen LogP contribution in [-0.2, 0) is 9.53 Å². The standard InChI is InChI=1S/C12H22N2O2/c13-11-5-1-3-9(11)8-14-12(15)7-10-4-2-6-16-10/h9-11H,1-8,13H2,(H,14,15). The average Bonchev–Trinajstić information content (AvgIpc) is 2.87. The number of ether oxygens (including phenoxy) is 1. The molecule has 1 aliphatic heterocycles. The first-order valence-corrected chi connectivity index (χ1v) is 6.39. The van der Waals surface area contributed by atoms with Crippen LogP contribution in [0.4, 0.5) is 0 Å². The Morgan fingerprint density at radius 2 is 2.19 bits per heavy atom. The van der Waals surface area contributed by atoms with Crippen molar-refractivity contribution in [1.82, 2.24) is 5.32 Å². The van der Waals surface area contributed by atoms with E-state index < -0.39 is 0 Å². The summed E-state index contributed by atoms with van der Waals surface area (Å²) in [5.74, 6) is 0.597. The molecule has 2 fully saturated rings. The van der Waals surface area contributed by atoms with E-state index in [1.54, 1.807) is 0 Å². The maximum absolute atomic E-state index is 11.6. The molecule has 1 heterocycles. The largest absolute Gasteiger partial charge is 0.378 e. The van der Waals surface area contributed by atoms with Crippen LogP contribution in [0.15, 0.2) is 0 Å². The number of rotatable bonds is 4. The molecule has 1 aliphatic carbocycles. The van der Waals surface area contributed by atoms with Crippen molar-refractivity contribution in [3.05, 3.63) is 0 Å². The number of hydrogen-bond donors (Lipinski definition) is 2. The Balaban J connectivity index is 1.63. The van der Waals surface area contributed by atoms with Crippen molar-refractivity contribution in [2.24, 2.45) is 11.7 Å². The third-order valence-electron chi connectivity index (χ3n) is 3.72. The smallest absolute Gasteiger partial charge is 0.222 e. The quantitative estimate of drug-likeness (QED) is 0.745. The van der Waals surface area contributed by atoms with E-state index >= 15 is 0 Å². The molecule has 3 unspecified atom stereocenters. The van der Waals surface area contributed by atoms with Gasteiger partial charge in [-0.05, 0) is 31.6 Å². The van der Waals surface area contributed by atoms with Gasteiger partial charge in [0.25, 0.3) is 0 Å². The molecule has 1 saturated heterocycles. The van der Waals surface area contributed by atoms with E-state index in [2.05, 4.69) is 5.32 Å². The van der Waals surface area contributed by atoms with Crippen LogP contribution >= 0.6 is 0 Å². The van der Waals surface area contributed by atoms with Crippen molar-refractivity contribution in [3.8, 4) is 0 Å². The third-order valence-corrected chi connectivity index (χ3v) is 3.72. The Bertz CT molecular complexity index is 239. The Kier molecular flexibility index (Phi) is 4.18. The van der Waals surface area contributed by atoms with Gasteiger partial charge in [0.15, 0.2) is 0 Å². The minimum atomic E-state index is 0.117. The monoisotopic (exact) mass is 226 g/mol. The number of carbonyl (C=O) groups excluding carboxylic acids is 1.